The minimum Gasteiger partial charge on any atom is -0.338 e. The molecular weight excluding hydrogens is 258 g/mol. The summed E-state index contributed by atoms with van der Waals surface area (Å²) < 4.78 is 0. The quantitative estimate of drug-likeness (QED) is 0.756. The number of alkyl halides is 1. The van der Waals surface area contributed by atoms with Crippen molar-refractivity contribution >= 4 is 17.5 Å². The van der Waals surface area contributed by atoms with E-state index < -0.39 is 0 Å². The Bertz CT molecular complexity index is 454. The molecule has 0 bridgehead atoms. The highest BCUT2D eigenvalue weighted by molar-refractivity contribution is 6.18. The fourth-order valence-electron chi connectivity index (χ4n) is 2.49. The number of hydrogen-bond donors (Lipinski definition) is 0. The highest BCUT2D eigenvalue weighted by Crippen LogP contribution is 2.25. The van der Waals surface area contributed by atoms with Crippen molar-refractivity contribution in [1.82, 2.24) is 4.90 Å². The van der Waals surface area contributed by atoms with E-state index in [4.69, 9.17) is 11.6 Å². The number of rotatable bonds is 5. The monoisotopic (exact) mass is 279 g/mol. The zero-order chi connectivity index (χ0) is 13.8. The maximum atomic E-state index is 12.4. The van der Waals surface area contributed by atoms with Gasteiger partial charge in [0.05, 0.1) is 6.42 Å². The van der Waals surface area contributed by atoms with Crippen molar-refractivity contribution in [1.29, 1.82) is 0 Å². The van der Waals surface area contributed by atoms with E-state index in [1.165, 1.54) is 17.5 Å². The van der Waals surface area contributed by atoms with Gasteiger partial charge in [-0.05, 0) is 49.8 Å². The molecule has 1 amide bonds. The molecule has 0 atom stereocenters. The third-order valence-corrected chi connectivity index (χ3v) is 4.26. The molecular formula is C16H22ClNO. The van der Waals surface area contributed by atoms with Crippen molar-refractivity contribution in [3.8, 4) is 0 Å². The normalized spacial score (nSPS) is 15.1. The molecule has 1 fully saturated rings. The molecule has 0 aliphatic heterocycles. The van der Waals surface area contributed by atoms with E-state index >= 15 is 0 Å². The van der Waals surface area contributed by atoms with Gasteiger partial charge in [-0.15, -0.1) is 11.6 Å². The Morgan fingerprint density at radius 3 is 2.58 bits per heavy atom. The van der Waals surface area contributed by atoms with Crippen molar-refractivity contribution in [2.45, 2.75) is 45.6 Å². The molecule has 1 aromatic rings. The number of nitrogens with zero attached hydrogens (tertiary/aromatic N) is 1. The maximum absolute atomic E-state index is 12.4. The van der Waals surface area contributed by atoms with E-state index in [1.54, 1.807) is 0 Å². The lowest BCUT2D eigenvalue weighted by Crippen LogP contribution is -2.45. The highest BCUT2D eigenvalue weighted by Gasteiger charge is 2.28. The Labute approximate surface area is 120 Å². The second kappa shape index (κ2) is 6.42. The lowest BCUT2D eigenvalue weighted by Gasteiger charge is -2.37. The van der Waals surface area contributed by atoms with Crippen molar-refractivity contribution < 1.29 is 4.79 Å². The first-order valence-corrected chi connectivity index (χ1v) is 7.57. The maximum Gasteiger partial charge on any atom is 0.227 e. The van der Waals surface area contributed by atoms with Gasteiger partial charge < -0.3 is 4.90 Å². The number of carbonyl (C=O) groups is 1. The van der Waals surface area contributed by atoms with Gasteiger partial charge >= 0.3 is 0 Å². The lowest BCUT2D eigenvalue weighted by atomic mass is 9.91. The summed E-state index contributed by atoms with van der Waals surface area (Å²) in [4.78, 5) is 14.4. The average Bonchev–Trinajstić information content (AvgIpc) is 2.31. The zero-order valence-electron chi connectivity index (χ0n) is 11.8. The van der Waals surface area contributed by atoms with Crippen molar-refractivity contribution in [3.63, 3.8) is 0 Å². The van der Waals surface area contributed by atoms with Crippen LogP contribution in [0.3, 0.4) is 0 Å². The van der Waals surface area contributed by atoms with Crippen LogP contribution in [0.4, 0.5) is 0 Å². The van der Waals surface area contributed by atoms with Crippen molar-refractivity contribution in [2.24, 2.45) is 0 Å². The van der Waals surface area contributed by atoms with Crippen LogP contribution in [0.1, 0.15) is 36.0 Å². The number of aryl methyl sites for hydroxylation is 2. The summed E-state index contributed by atoms with van der Waals surface area (Å²) in [6, 6.07) is 6.69. The molecule has 0 radical (unpaired) electrons. The zero-order valence-corrected chi connectivity index (χ0v) is 12.5. The van der Waals surface area contributed by atoms with Crippen LogP contribution in [0.5, 0.6) is 0 Å². The van der Waals surface area contributed by atoms with Crippen LogP contribution in [-0.2, 0) is 11.2 Å². The van der Waals surface area contributed by atoms with Crippen LogP contribution in [0.25, 0.3) is 0 Å². The smallest absolute Gasteiger partial charge is 0.227 e. The number of hydrogen-bond acceptors (Lipinski definition) is 1. The first kappa shape index (κ1) is 14.4. The summed E-state index contributed by atoms with van der Waals surface area (Å²) in [6.45, 7) is 4.86. The van der Waals surface area contributed by atoms with E-state index in [1.807, 2.05) is 4.90 Å². The van der Waals surface area contributed by atoms with Gasteiger partial charge in [-0.2, -0.15) is 0 Å². The van der Waals surface area contributed by atoms with Crippen LogP contribution in [0, 0.1) is 13.8 Å². The molecule has 3 heteroatoms. The van der Waals surface area contributed by atoms with Gasteiger partial charge in [-0.3, -0.25) is 4.79 Å². The highest BCUT2D eigenvalue weighted by atomic mass is 35.5. The molecule has 0 spiro atoms. The van der Waals surface area contributed by atoms with E-state index in [2.05, 4.69) is 32.0 Å². The Morgan fingerprint density at radius 1 is 1.32 bits per heavy atom. The van der Waals surface area contributed by atoms with Gasteiger partial charge in [0.25, 0.3) is 0 Å². The molecule has 19 heavy (non-hydrogen) atoms. The van der Waals surface area contributed by atoms with Crippen LogP contribution in [-0.4, -0.2) is 29.3 Å². The minimum absolute atomic E-state index is 0.216. The second-order valence-electron chi connectivity index (χ2n) is 5.46. The summed E-state index contributed by atoms with van der Waals surface area (Å²) in [7, 11) is 0. The lowest BCUT2D eigenvalue weighted by molar-refractivity contribution is -0.134. The van der Waals surface area contributed by atoms with Crippen LogP contribution in [0.15, 0.2) is 18.2 Å². The first-order chi connectivity index (χ1) is 9.11. The fraction of sp³-hybridized carbons (Fsp3) is 0.562. The number of halogens is 1. The Balaban J connectivity index is 2.03. The first-order valence-electron chi connectivity index (χ1n) is 7.03. The Morgan fingerprint density at radius 2 is 2.05 bits per heavy atom. The fourth-order valence-corrected chi connectivity index (χ4v) is 2.67. The molecule has 0 unspecified atom stereocenters. The number of carbonyl (C=O) groups excluding carboxylic acids is 1. The van der Waals surface area contributed by atoms with Crippen molar-refractivity contribution in [2.75, 3.05) is 12.4 Å². The number of benzene rings is 1. The summed E-state index contributed by atoms with van der Waals surface area (Å²) in [5.41, 5.74) is 3.62. The standard InChI is InChI=1S/C16H22ClNO/c1-12-6-7-14(10-13(12)2)11-16(19)18(9-8-17)15-4-3-5-15/h6-7,10,15H,3-5,8-9,11H2,1-2H3. The average molecular weight is 280 g/mol. The van der Waals surface area contributed by atoms with E-state index in [0.29, 0.717) is 24.9 Å². The molecule has 0 N–H and O–H groups in total. The van der Waals surface area contributed by atoms with E-state index in [9.17, 15) is 4.79 Å². The van der Waals surface area contributed by atoms with Gasteiger partial charge in [0, 0.05) is 18.5 Å². The third-order valence-electron chi connectivity index (χ3n) is 4.09. The van der Waals surface area contributed by atoms with Gasteiger partial charge in [0.15, 0.2) is 0 Å². The van der Waals surface area contributed by atoms with E-state index in [0.717, 1.165) is 18.4 Å². The molecule has 1 aliphatic rings. The minimum atomic E-state index is 0.216. The van der Waals surface area contributed by atoms with Crippen LogP contribution < -0.4 is 0 Å². The summed E-state index contributed by atoms with van der Waals surface area (Å²) >= 11 is 5.82. The molecule has 0 saturated heterocycles. The third kappa shape index (κ3) is 3.50. The van der Waals surface area contributed by atoms with Gasteiger partial charge in [0.2, 0.25) is 5.91 Å². The van der Waals surface area contributed by atoms with E-state index in [-0.39, 0.29) is 5.91 Å². The molecule has 1 aromatic carbocycles. The van der Waals surface area contributed by atoms with Gasteiger partial charge in [-0.25, -0.2) is 0 Å². The van der Waals surface area contributed by atoms with Crippen molar-refractivity contribution in [3.05, 3.63) is 34.9 Å². The molecule has 1 aliphatic carbocycles. The molecule has 0 heterocycles. The second-order valence-corrected chi connectivity index (χ2v) is 5.83. The SMILES string of the molecule is Cc1ccc(CC(=O)N(CCCl)C2CCC2)cc1C. The number of amides is 1. The molecule has 2 rings (SSSR count). The molecule has 2 nitrogen and oxygen atoms in total. The summed E-state index contributed by atoms with van der Waals surface area (Å²) in [6.07, 6.45) is 4.00. The van der Waals surface area contributed by atoms with Crippen LogP contribution >= 0.6 is 11.6 Å². The predicted octanol–water partition coefficient (Wildman–Crippen LogP) is 3.47. The molecule has 1 saturated carbocycles. The van der Waals surface area contributed by atoms with Gasteiger partial charge in [0.1, 0.15) is 0 Å². The van der Waals surface area contributed by atoms with Crippen LogP contribution in [0.2, 0.25) is 0 Å². The topological polar surface area (TPSA) is 20.3 Å². The molecule has 0 aromatic heterocycles. The Kier molecular flexibility index (Phi) is 4.87. The largest absolute Gasteiger partial charge is 0.338 e. The predicted molar refractivity (Wildman–Crippen MR) is 79.7 cm³/mol. The Hall–Kier alpha value is -1.02. The summed E-state index contributed by atoms with van der Waals surface area (Å²) in [5, 5.41) is 0. The van der Waals surface area contributed by atoms with Gasteiger partial charge in [-0.1, -0.05) is 18.2 Å². The molecule has 104 valence electrons. The summed E-state index contributed by atoms with van der Waals surface area (Å²) in [5.74, 6) is 0.739.